The Labute approximate surface area is 698 Å². The Kier molecular flexibility index (Phi) is 14.6. The fourth-order valence-corrected chi connectivity index (χ4v) is 21.8. The van der Waals surface area contributed by atoms with Crippen LogP contribution in [-0.4, -0.2) is 27.8 Å². The lowest BCUT2D eigenvalue weighted by molar-refractivity contribution is 0.434. The van der Waals surface area contributed by atoms with Crippen LogP contribution in [0.4, 0.5) is 0 Å². The molecule has 0 bridgehead atoms. The fourth-order valence-electron chi connectivity index (χ4n) is 21.5. The summed E-state index contributed by atoms with van der Waals surface area (Å²) in [5, 5.41) is 14.9. The summed E-state index contributed by atoms with van der Waals surface area (Å²) in [6, 6.07) is 145. The van der Waals surface area contributed by atoms with Gasteiger partial charge in [-0.2, -0.15) is 0 Å². The van der Waals surface area contributed by atoms with Crippen LogP contribution in [0.3, 0.4) is 0 Å². The quantitative estimate of drug-likeness (QED) is 0.192. The molecule has 564 valence electrons. The van der Waals surface area contributed by atoms with Gasteiger partial charge in [-0.15, -0.1) is 0 Å². The molecule has 1 N–H and O–H groups in total. The maximum Gasteiger partial charge on any atom is 0.134 e. The molecular formula is C111H71BrN6O2. The van der Waals surface area contributed by atoms with Crippen molar-refractivity contribution in [3.63, 3.8) is 0 Å². The highest BCUT2D eigenvalue weighted by Gasteiger charge is 2.53. The predicted octanol–water partition coefficient (Wildman–Crippen LogP) is 29.2. The first kappa shape index (κ1) is 68.1. The largest absolute Gasteiger partial charge is 0.457 e. The lowest BCUT2D eigenvalue weighted by Gasteiger charge is -2.45. The monoisotopic (exact) mass is 1600 g/mol. The first-order valence-electron chi connectivity index (χ1n) is 40.7. The molecular weight excluding hydrogens is 1530 g/mol. The van der Waals surface area contributed by atoms with Crippen molar-refractivity contribution in [1.29, 1.82) is 0 Å². The minimum absolute atomic E-state index is 0. The molecule has 9 heteroatoms. The van der Waals surface area contributed by atoms with Gasteiger partial charge in [-0.25, -0.2) is 0 Å². The van der Waals surface area contributed by atoms with Gasteiger partial charge in [0.05, 0.1) is 82.9 Å². The summed E-state index contributed by atoms with van der Waals surface area (Å²) >= 11 is 3.57. The van der Waals surface area contributed by atoms with E-state index in [1.807, 2.05) is 6.07 Å². The van der Waals surface area contributed by atoms with E-state index in [9.17, 15) is 0 Å². The standard InChI is InChI=1S/C55H33N3O.C37H22N2O.C18H12BrN.CH4/c1-2-15-34(16-3-1)56-46-24-9-5-18-37(46)40-31-35(29-30-49(40)56)57-47-25-10-6-19-38(47)41-32-45-53(33-51(41)57)59-52-28-13-8-22-43(52)55(45)42-21-7-12-27-50(42)58-48-26-11-4-17-36(48)39-20-14-23-44(55)54(39)58;1-5-16-30-22(10-1)25-20-29-35(21-31(25)38-30)40-34-19-8-4-14-27(34)37(29)26-13-3-7-18-33(26)39-32-17-6-2-11-23(32)24-12-9-15-28(37)36(24)39;19-13-10-11-18-16(12-13)15-8-4-5-9-17(15)20(18)14-6-2-1-3-7-14;/h1-33H;1-21,38H;1-12H;1H4. The Morgan fingerprint density at radius 2 is 0.567 bits per heavy atom. The van der Waals surface area contributed by atoms with Gasteiger partial charge in [0.1, 0.15) is 23.0 Å². The third-order valence-corrected chi connectivity index (χ3v) is 26.6. The Balaban J connectivity index is 0.000000112. The highest BCUT2D eigenvalue weighted by molar-refractivity contribution is 9.10. The number of nitrogens with zero attached hydrogens (tertiary/aromatic N) is 5. The number of aromatic nitrogens is 6. The number of halogens is 1. The number of rotatable bonds is 3. The maximum atomic E-state index is 7.11. The number of para-hydroxylation sites is 14. The van der Waals surface area contributed by atoms with Crippen LogP contribution in [0.25, 0.3) is 159 Å². The van der Waals surface area contributed by atoms with E-state index in [0.29, 0.717) is 0 Å². The summed E-state index contributed by atoms with van der Waals surface area (Å²) in [4.78, 5) is 3.63. The summed E-state index contributed by atoms with van der Waals surface area (Å²) in [6.07, 6.45) is 0. The molecule has 0 saturated carbocycles. The Morgan fingerprint density at radius 3 is 1.08 bits per heavy atom. The number of aromatic amines is 1. The van der Waals surface area contributed by atoms with Gasteiger partial charge in [0, 0.05) is 126 Å². The van der Waals surface area contributed by atoms with Crippen molar-refractivity contribution in [3.8, 4) is 51.4 Å². The highest BCUT2D eigenvalue weighted by Crippen LogP contribution is 2.64. The fraction of sp³-hybridized carbons (Fsp3) is 0.0270. The van der Waals surface area contributed by atoms with Crippen molar-refractivity contribution >= 4 is 147 Å². The average Bonchev–Trinajstić information content (AvgIpc) is 1.39. The van der Waals surface area contributed by atoms with Gasteiger partial charge in [0.2, 0.25) is 0 Å². The molecule has 24 aromatic rings. The predicted molar refractivity (Wildman–Crippen MR) is 499 cm³/mol. The van der Waals surface area contributed by atoms with Crippen LogP contribution in [0, 0.1) is 0 Å². The highest BCUT2D eigenvalue weighted by atomic mass is 79.9. The Bertz CT molecular complexity index is 8490. The summed E-state index contributed by atoms with van der Waals surface area (Å²) in [5.41, 5.74) is 28.8. The van der Waals surface area contributed by atoms with Crippen LogP contribution in [0.2, 0.25) is 0 Å². The number of nitrogens with one attached hydrogen (secondary N) is 1. The van der Waals surface area contributed by atoms with Gasteiger partial charge in [-0.1, -0.05) is 278 Å². The van der Waals surface area contributed by atoms with Gasteiger partial charge >= 0.3 is 0 Å². The van der Waals surface area contributed by atoms with Gasteiger partial charge < -0.3 is 37.3 Å². The van der Waals surface area contributed by atoms with Gasteiger partial charge in [-0.3, -0.25) is 0 Å². The van der Waals surface area contributed by atoms with Crippen molar-refractivity contribution < 1.29 is 9.47 Å². The van der Waals surface area contributed by atoms with Crippen molar-refractivity contribution in [1.82, 2.24) is 27.8 Å². The van der Waals surface area contributed by atoms with Gasteiger partial charge in [0.15, 0.2) is 0 Å². The summed E-state index contributed by atoms with van der Waals surface area (Å²) in [5.74, 6) is 3.56. The first-order valence-corrected chi connectivity index (χ1v) is 41.5. The third-order valence-electron chi connectivity index (χ3n) is 26.1. The summed E-state index contributed by atoms with van der Waals surface area (Å²) in [7, 11) is 0. The smallest absolute Gasteiger partial charge is 0.134 e. The van der Waals surface area contributed by atoms with E-state index in [-0.39, 0.29) is 7.43 Å². The molecule has 28 rings (SSSR count). The summed E-state index contributed by atoms with van der Waals surface area (Å²) < 4.78 is 27.1. The molecule has 120 heavy (non-hydrogen) atoms. The lowest BCUT2D eigenvalue weighted by Crippen LogP contribution is -2.37. The SMILES string of the molecule is Brc1ccc2c(c1)c1ccccc1n2-c1ccccc1.C.c1ccc(-n2c3ccccc3c3cc(-n4c5ccccc5c5cc6c(cc54)Oc4ccccc4C64c5ccccc5-n5c6ccccc6c6cccc4c65)ccc32)cc1.c1ccc2c(c1)Oc1cc3[nH]c4ccccc4c3cc1C21c2ccccc2-n2c3ccccc3c3cccc1c32. The second-order valence-corrected chi connectivity index (χ2v) is 32.8. The number of benzene rings is 18. The molecule has 0 saturated heterocycles. The molecule has 0 radical (unpaired) electrons. The van der Waals surface area contributed by atoms with Crippen molar-refractivity contribution in [3.05, 3.63) is 449 Å². The van der Waals surface area contributed by atoms with Crippen molar-refractivity contribution in [2.24, 2.45) is 0 Å². The molecule has 10 heterocycles. The zero-order valence-corrected chi connectivity index (χ0v) is 65.6. The molecule has 0 aliphatic carbocycles. The zero-order valence-electron chi connectivity index (χ0n) is 64.0. The molecule has 8 nitrogen and oxygen atoms in total. The normalized spacial score (nSPS) is 15.0. The molecule has 4 aliphatic rings. The Hall–Kier alpha value is -15.2. The summed E-state index contributed by atoms with van der Waals surface area (Å²) in [6.45, 7) is 0. The van der Waals surface area contributed by atoms with Crippen LogP contribution in [-0.2, 0) is 10.8 Å². The lowest BCUT2D eigenvalue weighted by atomic mass is 9.61. The number of hydrogen-bond acceptors (Lipinski definition) is 2. The third kappa shape index (κ3) is 9.18. The van der Waals surface area contributed by atoms with E-state index < -0.39 is 10.8 Å². The molecule has 6 aromatic heterocycles. The van der Waals surface area contributed by atoms with E-state index in [0.717, 1.165) is 72.0 Å². The second kappa shape index (κ2) is 25.7. The minimum Gasteiger partial charge on any atom is -0.457 e. The van der Waals surface area contributed by atoms with Crippen LogP contribution in [0.15, 0.2) is 405 Å². The van der Waals surface area contributed by atoms with E-state index in [4.69, 9.17) is 9.47 Å². The topological polar surface area (TPSA) is 58.9 Å². The maximum absolute atomic E-state index is 7.11. The zero-order chi connectivity index (χ0) is 77.9. The molecule has 0 fully saturated rings. The molecule has 2 unspecified atom stereocenters. The Morgan fingerprint density at radius 1 is 0.208 bits per heavy atom. The van der Waals surface area contributed by atoms with Crippen LogP contribution >= 0.6 is 15.9 Å². The van der Waals surface area contributed by atoms with Crippen molar-refractivity contribution in [2.75, 3.05) is 0 Å². The van der Waals surface area contributed by atoms with E-state index in [2.05, 4.69) is 438 Å². The number of fused-ring (bicyclic) bond motifs is 34. The second-order valence-electron chi connectivity index (χ2n) is 31.9. The number of hydrogen-bond donors (Lipinski definition) is 1. The van der Waals surface area contributed by atoms with Crippen LogP contribution < -0.4 is 9.47 Å². The minimum atomic E-state index is -0.639. The van der Waals surface area contributed by atoms with E-state index in [1.165, 1.54) is 159 Å². The molecule has 2 atom stereocenters. The van der Waals surface area contributed by atoms with Crippen LogP contribution in [0.5, 0.6) is 23.0 Å². The molecule has 4 aliphatic heterocycles. The van der Waals surface area contributed by atoms with Crippen LogP contribution in [0.1, 0.15) is 51.9 Å². The van der Waals surface area contributed by atoms with E-state index >= 15 is 0 Å². The van der Waals surface area contributed by atoms with Gasteiger partial charge in [-0.05, 0) is 156 Å². The van der Waals surface area contributed by atoms with Crippen molar-refractivity contribution in [2.45, 2.75) is 18.3 Å². The first-order chi connectivity index (χ1) is 59.0. The molecule has 18 aromatic carbocycles. The average molecular weight is 1600 g/mol. The number of ether oxygens (including phenoxy) is 2. The van der Waals surface area contributed by atoms with Gasteiger partial charge in [0.25, 0.3) is 0 Å². The van der Waals surface area contributed by atoms with E-state index in [1.54, 1.807) is 0 Å². The molecule has 2 spiro atoms. The molecule has 0 amide bonds. The number of H-pyrrole nitrogens is 1.